The summed E-state index contributed by atoms with van der Waals surface area (Å²) in [4.78, 5) is 17.7. The minimum atomic E-state index is 0.0253. The molecule has 0 spiro atoms. The molecule has 2 heterocycles. The molecule has 1 amide bonds. The smallest absolute Gasteiger partial charge is 0.242 e. The number of hydrogen-bond donors (Lipinski definition) is 0. The molecule has 0 N–H and O–H groups in total. The van der Waals surface area contributed by atoms with Crippen LogP contribution in [0.15, 0.2) is 87.7 Å². The van der Waals surface area contributed by atoms with Crippen LogP contribution in [0.3, 0.4) is 0 Å². The second-order valence-corrected chi connectivity index (χ2v) is 11.8. The minimum Gasteiger partial charge on any atom is -0.302 e. The number of thioether (sulfide) groups is 1. The molecule has 0 radical (unpaired) electrons. The number of nitrogens with zero attached hydrogens (tertiary/aromatic N) is 4. The highest BCUT2D eigenvalue weighted by molar-refractivity contribution is 8.00. The fourth-order valence-electron chi connectivity index (χ4n) is 4.62. The fourth-order valence-corrected chi connectivity index (χ4v) is 6.62. The largest absolute Gasteiger partial charge is 0.302 e. The Bertz CT molecular complexity index is 1340. The van der Waals surface area contributed by atoms with Crippen molar-refractivity contribution in [1.29, 1.82) is 0 Å². The summed E-state index contributed by atoms with van der Waals surface area (Å²) >= 11 is 9.28. The van der Waals surface area contributed by atoms with Crippen molar-refractivity contribution < 1.29 is 4.79 Å². The predicted octanol–water partition coefficient (Wildman–Crippen LogP) is 8.88. The Morgan fingerprint density at radius 3 is 2.16 bits per heavy atom. The van der Waals surface area contributed by atoms with Gasteiger partial charge in [0.25, 0.3) is 0 Å². The van der Waals surface area contributed by atoms with Gasteiger partial charge < -0.3 is 4.57 Å². The van der Waals surface area contributed by atoms with Crippen molar-refractivity contribution in [3.05, 3.63) is 77.8 Å². The summed E-state index contributed by atoms with van der Waals surface area (Å²) in [5.74, 6) is 1.11. The number of aromatic nitrogens is 3. The lowest BCUT2D eigenvalue weighted by Gasteiger charge is -2.30. The first-order chi connectivity index (χ1) is 18.7. The van der Waals surface area contributed by atoms with Crippen molar-refractivity contribution >= 4 is 52.4 Å². The molecule has 8 heteroatoms. The highest BCUT2D eigenvalue weighted by atomic mass is 35.5. The second-order valence-electron chi connectivity index (χ2n) is 9.29. The first-order valence-corrected chi connectivity index (χ1v) is 15.3. The van der Waals surface area contributed by atoms with Gasteiger partial charge >= 0.3 is 0 Å². The van der Waals surface area contributed by atoms with Gasteiger partial charge in [0.15, 0.2) is 11.0 Å². The molecule has 3 aromatic carbocycles. The Morgan fingerprint density at radius 2 is 1.47 bits per heavy atom. The van der Waals surface area contributed by atoms with Crippen LogP contribution in [0.1, 0.15) is 45.4 Å². The quantitative estimate of drug-likeness (QED) is 0.135. The molecule has 5 rings (SSSR count). The number of amides is 1. The molecule has 0 fully saturated rings. The second kappa shape index (κ2) is 12.9. The van der Waals surface area contributed by atoms with Crippen LogP contribution in [-0.4, -0.2) is 26.4 Å². The van der Waals surface area contributed by atoms with Gasteiger partial charge in [-0.15, -0.1) is 10.2 Å². The molecule has 1 aliphatic rings. The molecule has 0 saturated heterocycles. The van der Waals surface area contributed by atoms with E-state index in [9.17, 15) is 4.79 Å². The number of fused-ring (bicyclic) bond motifs is 2. The molecular weight excluding hydrogens is 532 g/mol. The van der Waals surface area contributed by atoms with Crippen molar-refractivity contribution in [2.24, 2.45) is 0 Å². The van der Waals surface area contributed by atoms with Crippen LogP contribution in [0.25, 0.3) is 11.4 Å². The third-order valence-electron chi connectivity index (χ3n) is 6.56. The molecule has 5 nitrogen and oxygen atoms in total. The van der Waals surface area contributed by atoms with Gasteiger partial charge in [-0.1, -0.05) is 98.4 Å². The van der Waals surface area contributed by atoms with Crippen molar-refractivity contribution in [3.63, 3.8) is 0 Å². The number of anilines is 2. The normalized spacial score (nSPS) is 12.3. The van der Waals surface area contributed by atoms with Gasteiger partial charge in [0.2, 0.25) is 5.91 Å². The number of para-hydroxylation sites is 2. The number of carbonyl (C=O) groups is 1. The van der Waals surface area contributed by atoms with Crippen LogP contribution in [0.2, 0.25) is 5.02 Å². The zero-order valence-electron chi connectivity index (χ0n) is 21.5. The maximum atomic E-state index is 13.7. The summed E-state index contributed by atoms with van der Waals surface area (Å²) in [6, 6.07) is 23.9. The van der Waals surface area contributed by atoms with E-state index in [2.05, 4.69) is 33.8 Å². The van der Waals surface area contributed by atoms with E-state index in [0.717, 1.165) is 50.7 Å². The molecule has 38 heavy (non-hydrogen) atoms. The van der Waals surface area contributed by atoms with E-state index in [1.165, 1.54) is 43.9 Å². The van der Waals surface area contributed by atoms with Gasteiger partial charge in [0.1, 0.15) is 0 Å². The molecule has 1 aliphatic heterocycles. The number of hydrogen-bond acceptors (Lipinski definition) is 5. The van der Waals surface area contributed by atoms with Gasteiger partial charge in [0, 0.05) is 26.9 Å². The van der Waals surface area contributed by atoms with E-state index >= 15 is 0 Å². The lowest BCUT2D eigenvalue weighted by atomic mass is 10.1. The van der Waals surface area contributed by atoms with E-state index in [1.807, 2.05) is 65.6 Å². The first-order valence-electron chi connectivity index (χ1n) is 13.2. The van der Waals surface area contributed by atoms with Gasteiger partial charge in [-0.25, -0.2) is 0 Å². The average Bonchev–Trinajstić information content (AvgIpc) is 3.35. The van der Waals surface area contributed by atoms with Crippen molar-refractivity contribution in [3.8, 4) is 11.4 Å². The Morgan fingerprint density at radius 1 is 0.842 bits per heavy atom. The van der Waals surface area contributed by atoms with Crippen molar-refractivity contribution in [2.75, 3.05) is 10.7 Å². The van der Waals surface area contributed by atoms with E-state index in [4.69, 9.17) is 11.6 Å². The average molecular weight is 563 g/mol. The summed E-state index contributed by atoms with van der Waals surface area (Å²) in [7, 11) is 0. The molecule has 0 aliphatic carbocycles. The molecular formula is C30H31ClN4OS2. The topological polar surface area (TPSA) is 51.0 Å². The molecule has 4 aromatic rings. The first kappa shape index (κ1) is 26.9. The summed E-state index contributed by atoms with van der Waals surface area (Å²) in [5, 5.41) is 10.5. The lowest BCUT2D eigenvalue weighted by Crippen LogP contribution is -2.30. The highest BCUT2D eigenvalue weighted by Gasteiger charge is 2.28. The van der Waals surface area contributed by atoms with E-state index in [1.54, 1.807) is 11.8 Å². The molecule has 0 bridgehead atoms. The lowest BCUT2D eigenvalue weighted by molar-refractivity contribution is -0.115. The van der Waals surface area contributed by atoms with E-state index in [-0.39, 0.29) is 11.7 Å². The zero-order chi connectivity index (χ0) is 26.3. The molecule has 0 saturated carbocycles. The van der Waals surface area contributed by atoms with Crippen LogP contribution in [0.5, 0.6) is 0 Å². The molecule has 1 aromatic heterocycles. The Balaban J connectivity index is 1.35. The van der Waals surface area contributed by atoms with Gasteiger partial charge in [-0.05, 0) is 55.0 Å². The third kappa shape index (κ3) is 6.11. The maximum absolute atomic E-state index is 13.7. The monoisotopic (exact) mass is 562 g/mol. The van der Waals surface area contributed by atoms with Crippen LogP contribution in [0, 0.1) is 0 Å². The van der Waals surface area contributed by atoms with E-state index < -0.39 is 0 Å². The predicted molar refractivity (Wildman–Crippen MR) is 159 cm³/mol. The van der Waals surface area contributed by atoms with Crippen LogP contribution in [-0.2, 0) is 11.3 Å². The summed E-state index contributed by atoms with van der Waals surface area (Å²) in [6.45, 7) is 3.06. The Labute approximate surface area is 238 Å². The van der Waals surface area contributed by atoms with Crippen LogP contribution < -0.4 is 4.90 Å². The number of rotatable bonds is 11. The van der Waals surface area contributed by atoms with E-state index in [0.29, 0.717) is 5.02 Å². The summed E-state index contributed by atoms with van der Waals surface area (Å²) < 4.78 is 2.16. The zero-order valence-corrected chi connectivity index (χ0v) is 23.9. The van der Waals surface area contributed by atoms with Crippen LogP contribution >= 0.6 is 35.1 Å². The number of benzene rings is 3. The SMILES string of the molecule is CCCCCCCCn1c(SCC(=O)N2c3ccccc3Sc3ccccc32)nnc1-c1ccc(Cl)cc1. The molecule has 0 unspecified atom stereocenters. The number of halogens is 1. The summed E-state index contributed by atoms with van der Waals surface area (Å²) in [6.07, 6.45) is 7.25. The summed E-state index contributed by atoms with van der Waals surface area (Å²) in [5.41, 5.74) is 2.83. The standard InChI is InChI=1S/C30H31ClN4OS2/c1-2-3-4-5-6-11-20-34-29(22-16-18-23(31)19-17-22)32-33-30(34)37-21-28(36)35-24-12-7-9-14-26(24)38-27-15-10-8-13-25(27)35/h7-10,12-19H,2-6,11,20-21H2,1H3. The van der Waals surface area contributed by atoms with Gasteiger partial charge in [-0.3, -0.25) is 9.69 Å². The molecule has 0 atom stereocenters. The van der Waals surface area contributed by atoms with Crippen LogP contribution in [0.4, 0.5) is 11.4 Å². The Hall–Kier alpha value is -2.74. The van der Waals surface area contributed by atoms with Gasteiger partial charge in [-0.2, -0.15) is 0 Å². The number of unbranched alkanes of at least 4 members (excludes halogenated alkanes) is 5. The fraction of sp³-hybridized carbons (Fsp3) is 0.300. The van der Waals surface area contributed by atoms with Crippen molar-refractivity contribution in [2.45, 2.75) is 66.9 Å². The maximum Gasteiger partial charge on any atom is 0.242 e. The third-order valence-corrected chi connectivity index (χ3v) is 8.89. The highest BCUT2D eigenvalue weighted by Crippen LogP contribution is 2.48. The minimum absolute atomic E-state index is 0.0253. The van der Waals surface area contributed by atoms with Gasteiger partial charge in [0.05, 0.1) is 17.1 Å². The van der Waals surface area contributed by atoms with Crippen molar-refractivity contribution in [1.82, 2.24) is 14.8 Å². The molecule has 196 valence electrons. The Kier molecular flexibility index (Phi) is 9.10. The number of carbonyl (C=O) groups excluding carboxylic acids is 1.